The highest BCUT2D eigenvalue weighted by Gasteiger charge is 2.12. The van der Waals surface area contributed by atoms with Crippen LogP contribution in [-0.4, -0.2) is 21.7 Å². The summed E-state index contributed by atoms with van der Waals surface area (Å²) < 4.78 is 0.788. The van der Waals surface area contributed by atoms with Crippen molar-refractivity contribution in [3.63, 3.8) is 0 Å². The molecule has 6 heteroatoms. The second-order valence-corrected chi connectivity index (χ2v) is 8.28. The minimum atomic E-state index is 0.121. The molecule has 0 amide bonds. The number of hydrogen-bond donors (Lipinski definition) is 1. The van der Waals surface area contributed by atoms with E-state index < -0.39 is 0 Å². The van der Waals surface area contributed by atoms with E-state index in [0.717, 1.165) is 38.3 Å². The van der Waals surface area contributed by atoms with Crippen LogP contribution in [0.1, 0.15) is 34.0 Å². The van der Waals surface area contributed by atoms with Crippen molar-refractivity contribution in [2.75, 3.05) is 11.1 Å². The average Bonchev–Trinajstić information content (AvgIpc) is 3.09. The standard InChI is InChI=1S/C20H21N3OS2/c1-4-15-7-9-16(10-8-15)21-19-22-23-20(26-19)25-12-18(24)17-11-13(2)5-6-14(17)3/h5-11H,4,12H2,1-3H3,(H,21,22). The summed E-state index contributed by atoms with van der Waals surface area (Å²) in [6.45, 7) is 6.10. The van der Waals surface area contributed by atoms with Gasteiger partial charge in [-0.1, -0.05) is 59.9 Å². The third-order valence-electron chi connectivity index (χ3n) is 4.04. The summed E-state index contributed by atoms with van der Waals surface area (Å²) in [7, 11) is 0. The van der Waals surface area contributed by atoms with Gasteiger partial charge < -0.3 is 5.32 Å². The summed E-state index contributed by atoms with van der Waals surface area (Å²) in [6, 6.07) is 14.2. The van der Waals surface area contributed by atoms with Crippen LogP contribution in [0.3, 0.4) is 0 Å². The second kappa shape index (κ2) is 8.47. The Hall–Kier alpha value is -2.18. The van der Waals surface area contributed by atoms with Crippen molar-refractivity contribution in [3.8, 4) is 0 Å². The molecule has 0 aliphatic heterocycles. The lowest BCUT2D eigenvalue weighted by Crippen LogP contribution is -2.05. The molecule has 0 saturated carbocycles. The van der Waals surface area contributed by atoms with E-state index in [-0.39, 0.29) is 5.78 Å². The highest BCUT2D eigenvalue weighted by molar-refractivity contribution is 8.01. The molecule has 0 atom stereocenters. The highest BCUT2D eigenvalue weighted by atomic mass is 32.2. The number of ketones is 1. The number of nitrogens with one attached hydrogen (secondary N) is 1. The number of hydrogen-bond acceptors (Lipinski definition) is 6. The fourth-order valence-corrected chi connectivity index (χ4v) is 4.16. The molecule has 0 aliphatic carbocycles. The van der Waals surface area contributed by atoms with Crippen molar-refractivity contribution in [1.82, 2.24) is 10.2 Å². The summed E-state index contributed by atoms with van der Waals surface area (Å²) in [5, 5.41) is 12.3. The Morgan fingerprint density at radius 1 is 1.12 bits per heavy atom. The van der Waals surface area contributed by atoms with Crippen LogP contribution < -0.4 is 5.32 Å². The number of nitrogens with zero attached hydrogens (tertiary/aromatic N) is 2. The average molecular weight is 384 g/mol. The molecule has 0 unspecified atom stereocenters. The van der Waals surface area contributed by atoms with Crippen LogP contribution in [0.15, 0.2) is 46.8 Å². The van der Waals surface area contributed by atoms with Crippen molar-refractivity contribution >= 4 is 39.7 Å². The Labute approximate surface area is 162 Å². The number of carbonyl (C=O) groups excluding carboxylic acids is 1. The molecule has 134 valence electrons. The molecule has 1 aromatic heterocycles. The molecule has 0 fully saturated rings. The smallest absolute Gasteiger partial charge is 0.210 e. The maximum Gasteiger partial charge on any atom is 0.210 e. The minimum absolute atomic E-state index is 0.121. The van der Waals surface area contributed by atoms with E-state index in [1.54, 1.807) is 0 Å². The van der Waals surface area contributed by atoms with Gasteiger partial charge in [-0.2, -0.15) is 0 Å². The van der Waals surface area contributed by atoms with Crippen molar-refractivity contribution in [3.05, 3.63) is 64.7 Å². The molecule has 4 nitrogen and oxygen atoms in total. The molecule has 0 spiro atoms. The molecule has 0 aliphatic rings. The van der Waals surface area contributed by atoms with Crippen LogP contribution >= 0.6 is 23.1 Å². The first-order chi connectivity index (χ1) is 12.5. The van der Waals surface area contributed by atoms with Crippen LogP contribution in [0.2, 0.25) is 0 Å². The summed E-state index contributed by atoms with van der Waals surface area (Å²) in [5.74, 6) is 0.487. The second-order valence-electron chi connectivity index (χ2n) is 6.08. The normalized spacial score (nSPS) is 10.7. The molecular weight excluding hydrogens is 362 g/mol. The van der Waals surface area contributed by atoms with Gasteiger partial charge in [0, 0.05) is 11.3 Å². The monoisotopic (exact) mass is 383 g/mol. The van der Waals surface area contributed by atoms with Gasteiger partial charge in [0.1, 0.15) is 0 Å². The van der Waals surface area contributed by atoms with E-state index in [2.05, 4.69) is 34.6 Å². The van der Waals surface area contributed by atoms with Crippen LogP contribution in [0, 0.1) is 13.8 Å². The van der Waals surface area contributed by atoms with E-state index in [1.165, 1.54) is 28.7 Å². The van der Waals surface area contributed by atoms with Gasteiger partial charge in [0.25, 0.3) is 0 Å². The Balaban J connectivity index is 1.59. The number of benzene rings is 2. The van der Waals surface area contributed by atoms with Crippen molar-refractivity contribution in [2.45, 2.75) is 31.5 Å². The van der Waals surface area contributed by atoms with Crippen LogP contribution in [0.5, 0.6) is 0 Å². The number of carbonyl (C=O) groups is 1. The van der Waals surface area contributed by atoms with Crippen molar-refractivity contribution in [2.24, 2.45) is 0 Å². The first-order valence-electron chi connectivity index (χ1n) is 8.48. The Morgan fingerprint density at radius 2 is 1.88 bits per heavy atom. The predicted octanol–water partition coefficient (Wildman–Crippen LogP) is 5.44. The van der Waals surface area contributed by atoms with E-state index in [0.29, 0.717) is 5.75 Å². The predicted molar refractivity (Wildman–Crippen MR) is 110 cm³/mol. The van der Waals surface area contributed by atoms with Gasteiger partial charge in [-0.15, -0.1) is 10.2 Å². The fourth-order valence-electron chi connectivity index (χ4n) is 2.51. The van der Waals surface area contributed by atoms with Gasteiger partial charge in [-0.25, -0.2) is 0 Å². The summed E-state index contributed by atoms with van der Waals surface area (Å²) in [5.41, 5.74) is 5.18. The SMILES string of the molecule is CCc1ccc(Nc2nnc(SCC(=O)c3cc(C)ccc3C)s2)cc1. The molecular formula is C20H21N3OS2. The molecule has 1 N–H and O–H groups in total. The number of thioether (sulfide) groups is 1. The number of rotatable bonds is 7. The zero-order valence-corrected chi connectivity index (χ0v) is 16.7. The first-order valence-corrected chi connectivity index (χ1v) is 10.3. The largest absolute Gasteiger partial charge is 0.330 e. The number of anilines is 2. The maximum absolute atomic E-state index is 12.5. The number of Topliss-reactive ketones (excluding diaryl/α,β-unsaturated/α-hetero) is 1. The van der Waals surface area contributed by atoms with Crippen LogP contribution in [0.4, 0.5) is 10.8 Å². The molecule has 0 bridgehead atoms. The highest BCUT2D eigenvalue weighted by Crippen LogP contribution is 2.28. The van der Waals surface area contributed by atoms with Crippen molar-refractivity contribution < 1.29 is 4.79 Å². The lowest BCUT2D eigenvalue weighted by Gasteiger charge is -2.05. The van der Waals surface area contributed by atoms with Crippen molar-refractivity contribution in [1.29, 1.82) is 0 Å². The van der Waals surface area contributed by atoms with Gasteiger partial charge in [0.15, 0.2) is 10.1 Å². The van der Waals surface area contributed by atoms with Gasteiger partial charge in [0.05, 0.1) is 5.75 Å². The Bertz CT molecular complexity index is 904. The summed E-state index contributed by atoms with van der Waals surface area (Å²) in [4.78, 5) is 12.5. The quantitative estimate of drug-likeness (QED) is 0.435. The van der Waals surface area contributed by atoms with E-state index in [1.807, 2.05) is 44.2 Å². The fraction of sp³-hybridized carbons (Fsp3) is 0.250. The number of aryl methyl sites for hydroxylation is 3. The zero-order valence-electron chi connectivity index (χ0n) is 15.1. The first kappa shape index (κ1) is 18.6. The molecule has 3 aromatic rings. The van der Waals surface area contributed by atoms with Gasteiger partial charge in [-0.05, 0) is 49.6 Å². The molecule has 26 heavy (non-hydrogen) atoms. The molecule has 3 rings (SSSR count). The summed E-state index contributed by atoms with van der Waals surface area (Å²) >= 11 is 2.89. The maximum atomic E-state index is 12.5. The van der Waals surface area contributed by atoms with Gasteiger partial charge in [0.2, 0.25) is 5.13 Å². The Morgan fingerprint density at radius 3 is 2.62 bits per heavy atom. The molecule has 0 saturated heterocycles. The lowest BCUT2D eigenvalue weighted by atomic mass is 10.0. The topological polar surface area (TPSA) is 54.9 Å². The van der Waals surface area contributed by atoms with Gasteiger partial charge >= 0.3 is 0 Å². The van der Waals surface area contributed by atoms with E-state index in [9.17, 15) is 4.79 Å². The third-order valence-corrected chi connectivity index (χ3v) is 6.01. The molecule has 0 radical (unpaired) electrons. The van der Waals surface area contributed by atoms with Crippen LogP contribution in [0.25, 0.3) is 0 Å². The van der Waals surface area contributed by atoms with E-state index >= 15 is 0 Å². The van der Waals surface area contributed by atoms with Crippen LogP contribution in [-0.2, 0) is 6.42 Å². The third kappa shape index (κ3) is 4.71. The summed E-state index contributed by atoms with van der Waals surface area (Å²) in [6.07, 6.45) is 1.02. The zero-order chi connectivity index (χ0) is 18.5. The molecule has 2 aromatic carbocycles. The number of aromatic nitrogens is 2. The molecule has 1 heterocycles. The Kier molecular flexibility index (Phi) is 6.06. The van der Waals surface area contributed by atoms with E-state index in [4.69, 9.17) is 0 Å². The van der Waals surface area contributed by atoms with Gasteiger partial charge in [-0.3, -0.25) is 4.79 Å². The minimum Gasteiger partial charge on any atom is -0.330 e. The lowest BCUT2D eigenvalue weighted by molar-refractivity contribution is 0.102.